The number of amides is 1. The summed E-state index contributed by atoms with van der Waals surface area (Å²) in [6.45, 7) is 10.6. The van der Waals surface area contributed by atoms with Gasteiger partial charge in [-0.15, -0.1) is 0 Å². The van der Waals surface area contributed by atoms with E-state index in [1.807, 2.05) is 52.2 Å². The van der Waals surface area contributed by atoms with Crippen LogP contribution in [-0.4, -0.2) is 80.9 Å². The Morgan fingerprint density at radius 2 is 1.79 bits per heavy atom. The topological polar surface area (TPSA) is 93.1 Å². The molecule has 3 aromatic carbocycles. The first-order valence-corrected chi connectivity index (χ1v) is 19.0. The second-order valence-electron chi connectivity index (χ2n) is 12.5. The summed E-state index contributed by atoms with van der Waals surface area (Å²) in [5, 5.41) is 10.2. The highest BCUT2D eigenvalue weighted by molar-refractivity contribution is 8.77. The molecule has 11 heteroatoms. The van der Waals surface area contributed by atoms with Crippen LogP contribution in [0.2, 0.25) is 0 Å². The molecule has 0 bridgehead atoms. The molecule has 0 saturated carbocycles. The van der Waals surface area contributed by atoms with E-state index in [2.05, 4.69) is 44.1 Å². The zero-order valence-corrected chi connectivity index (χ0v) is 30.2. The van der Waals surface area contributed by atoms with E-state index in [0.717, 1.165) is 54.1 Å². The number of aliphatic hydroxyl groups excluding tert-OH is 1. The highest BCUT2D eigenvalue weighted by Gasteiger charge is 2.36. The molecule has 5 rings (SSSR count). The summed E-state index contributed by atoms with van der Waals surface area (Å²) in [7, 11) is 5.16. The molecular formula is C37H47N3O6S2. The van der Waals surface area contributed by atoms with Crippen molar-refractivity contribution in [3.8, 4) is 11.5 Å². The summed E-state index contributed by atoms with van der Waals surface area (Å²) in [4.78, 5) is 22.7. The smallest absolute Gasteiger partial charge is 0.261 e. The number of rotatable bonds is 18. The number of hydrogen-bond acceptors (Lipinski definition) is 10. The van der Waals surface area contributed by atoms with Crippen LogP contribution in [-0.2, 0) is 29.1 Å². The quantitative estimate of drug-likeness (QED) is 0.111. The highest BCUT2D eigenvalue weighted by Crippen LogP contribution is 2.41. The van der Waals surface area contributed by atoms with Gasteiger partial charge in [0.15, 0.2) is 11.5 Å². The lowest BCUT2D eigenvalue weighted by Crippen LogP contribution is -2.38. The van der Waals surface area contributed by atoms with E-state index in [4.69, 9.17) is 23.9 Å². The number of benzene rings is 3. The van der Waals surface area contributed by atoms with Gasteiger partial charge in [0.1, 0.15) is 6.61 Å². The predicted molar refractivity (Wildman–Crippen MR) is 198 cm³/mol. The summed E-state index contributed by atoms with van der Waals surface area (Å²) >= 11 is 0. The molecule has 0 aromatic heterocycles. The summed E-state index contributed by atoms with van der Waals surface area (Å²) in [6, 6.07) is 17.4. The molecule has 48 heavy (non-hydrogen) atoms. The Hall–Kier alpha value is -3.22. The second-order valence-corrected chi connectivity index (χ2v) is 15.6. The molecule has 1 amide bonds. The lowest BCUT2D eigenvalue weighted by atomic mass is 10.1. The number of fused-ring (bicyclic) bond motifs is 4. The minimum atomic E-state index is -0.139. The van der Waals surface area contributed by atoms with Crippen LogP contribution in [0.15, 0.2) is 59.6 Å². The van der Waals surface area contributed by atoms with Gasteiger partial charge in [0.2, 0.25) is 0 Å². The van der Waals surface area contributed by atoms with Gasteiger partial charge >= 0.3 is 0 Å². The van der Waals surface area contributed by atoms with Crippen molar-refractivity contribution in [2.75, 3.05) is 62.7 Å². The van der Waals surface area contributed by atoms with Gasteiger partial charge in [0.25, 0.3) is 5.91 Å². The van der Waals surface area contributed by atoms with E-state index in [1.165, 1.54) is 0 Å². The lowest BCUT2D eigenvalue weighted by molar-refractivity contribution is 0.0505. The first-order valence-electron chi connectivity index (χ1n) is 16.4. The number of ether oxygens (including phenoxy) is 4. The van der Waals surface area contributed by atoms with E-state index in [9.17, 15) is 9.90 Å². The van der Waals surface area contributed by atoms with E-state index in [1.54, 1.807) is 30.0 Å². The Morgan fingerprint density at radius 1 is 1.02 bits per heavy atom. The standard InChI is InChI=1S/C37H47N3O6S2/c1-6-12-44-14-15-45-13-11-39(25-37(2,3)48-47-5)29-17-26(23-41)16-27(18-29)24-46-35-21-32-31(20-34(35)43-4)36(42)40-30(22-38-32)19-28-9-7-8-10-33(28)40/h7-10,16-18,20-22,30,41H,6,11-15,19,23-25H2,1-5H3/t30-/m0/s1. The molecule has 2 heterocycles. The van der Waals surface area contributed by atoms with Crippen molar-refractivity contribution in [2.24, 2.45) is 4.99 Å². The molecular weight excluding hydrogens is 647 g/mol. The molecule has 0 fully saturated rings. The lowest BCUT2D eigenvalue weighted by Gasteiger charge is -2.34. The molecule has 1 N–H and O–H groups in total. The van der Waals surface area contributed by atoms with E-state index in [0.29, 0.717) is 49.1 Å². The Kier molecular flexibility index (Phi) is 12.7. The number of hydrogen-bond donors (Lipinski definition) is 1. The molecule has 258 valence electrons. The number of aliphatic imine (C=N–C) groups is 1. The number of carbonyl (C=O) groups is 1. The van der Waals surface area contributed by atoms with Crippen LogP contribution < -0.4 is 19.3 Å². The molecule has 0 spiro atoms. The maximum atomic E-state index is 13.8. The third kappa shape index (κ3) is 8.87. The van der Waals surface area contributed by atoms with Gasteiger partial charge in [0.05, 0.1) is 50.8 Å². The monoisotopic (exact) mass is 693 g/mol. The Bertz CT molecular complexity index is 1580. The van der Waals surface area contributed by atoms with Crippen molar-refractivity contribution in [1.82, 2.24) is 0 Å². The Labute approximate surface area is 292 Å². The fraction of sp³-hybridized carbons (Fsp3) is 0.459. The van der Waals surface area contributed by atoms with Gasteiger partial charge in [-0.2, -0.15) is 0 Å². The minimum Gasteiger partial charge on any atom is -0.493 e. The molecule has 1 atom stereocenters. The van der Waals surface area contributed by atoms with Crippen LogP contribution in [0, 0.1) is 0 Å². The third-order valence-electron chi connectivity index (χ3n) is 8.21. The van der Waals surface area contributed by atoms with E-state index >= 15 is 0 Å². The summed E-state index contributed by atoms with van der Waals surface area (Å²) in [5.74, 6) is 0.842. The van der Waals surface area contributed by atoms with Gasteiger partial charge in [-0.05, 0) is 73.5 Å². The maximum absolute atomic E-state index is 13.8. The summed E-state index contributed by atoms with van der Waals surface area (Å²) in [5.41, 5.74) is 5.77. The van der Waals surface area contributed by atoms with Crippen LogP contribution in [0.1, 0.15) is 54.2 Å². The molecule has 3 aromatic rings. The molecule has 0 saturated heterocycles. The van der Waals surface area contributed by atoms with Crippen molar-refractivity contribution in [2.45, 2.75) is 57.6 Å². The molecule has 9 nitrogen and oxygen atoms in total. The number of para-hydroxylation sites is 1. The Morgan fingerprint density at radius 3 is 2.54 bits per heavy atom. The third-order valence-corrected chi connectivity index (χ3v) is 10.8. The molecule has 0 radical (unpaired) electrons. The van der Waals surface area contributed by atoms with Crippen LogP contribution in [0.5, 0.6) is 11.5 Å². The minimum absolute atomic E-state index is 0.0279. The fourth-order valence-electron chi connectivity index (χ4n) is 6.10. The van der Waals surface area contributed by atoms with E-state index in [-0.39, 0.29) is 29.9 Å². The summed E-state index contributed by atoms with van der Waals surface area (Å²) in [6.07, 6.45) is 5.67. The normalized spacial score (nSPS) is 15.2. The zero-order valence-electron chi connectivity index (χ0n) is 28.6. The maximum Gasteiger partial charge on any atom is 0.261 e. The number of nitrogens with zero attached hydrogens (tertiary/aromatic N) is 3. The van der Waals surface area contributed by atoms with Crippen LogP contribution in [0.25, 0.3) is 0 Å². The fourth-order valence-corrected chi connectivity index (χ4v) is 8.27. The van der Waals surface area contributed by atoms with Gasteiger partial charge in [-0.3, -0.25) is 14.7 Å². The van der Waals surface area contributed by atoms with E-state index < -0.39 is 0 Å². The summed E-state index contributed by atoms with van der Waals surface area (Å²) < 4.78 is 23.5. The molecule has 0 aliphatic carbocycles. The molecule has 2 aliphatic heterocycles. The van der Waals surface area contributed by atoms with Gasteiger partial charge in [-0.1, -0.05) is 46.7 Å². The van der Waals surface area contributed by atoms with Gasteiger partial charge < -0.3 is 29.0 Å². The van der Waals surface area contributed by atoms with Crippen LogP contribution >= 0.6 is 21.6 Å². The second kappa shape index (κ2) is 16.9. The number of aliphatic hydroxyl groups is 1. The predicted octanol–water partition coefficient (Wildman–Crippen LogP) is 7.09. The number of carbonyl (C=O) groups excluding carboxylic acids is 1. The van der Waals surface area contributed by atoms with Gasteiger partial charge in [-0.25, -0.2) is 0 Å². The molecule has 0 unspecified atom stereocenters. The van der Waals surface area contributed by atoms with Gasteiger partial charge in [0, 0.05) is 54.5 Å². The molecule has 2 aliphatic rings. The van der Waals surface area contributed by atoms with Crippen LogP contribution in [0.3, 0.4) is 0 Å². The average molecular weight is 694 g/mol. The first-order chi connectivity index (χ1) is 23.3. The number of anilines is 2. The van der Waals surface area contributed by atoms with Crippen molar-refractivity contribution >= 4 is 50.8 Å². The Balaban J connectivity index is 1.35. The highest BCUT2D eigenvalue weighted by atomic mass is 33.1. The van der Waals surface area contributed by atoms with Crippen molar-refractivity contribution in [3.05, 3.63) is 76.9 Å². The van der Waals surface area contributed by atoms with Crippen molar-refractivity contribution < 1.29 is 28.8 Å². The largest absolute Gasteiger partial charge is 0.493 e. The van der Waals surface area contributed by atoms with Crippen molar-refractivity contribution in [3.63, 3.8) is 0 Å². The van der Waals surface area contributed by atoms with Crippen LogP contribution in [0.4, 0.5) is 17.1 Å². The van der Waals surface area contributed by atoms with Crippen molar-refractivity contribution in [1.29, 1.82) is 0 Å². The zero-order chi connectivity index (χ0) is 34.1. The average Bonchev–Trinajstić information content (AvgIpc) is 3.40. The first kappa shape index (κ1) is 36.1. The SMILES string of the molecule is CCCOCCOCCN(CC(C)(C)SSC)c1cc(CO)cc(COc2cc3c(cc2OC)C(=O)N2c4ccccc4C[C@H]2C=N3)c1. The number of methoxy groups -OCH3 is 1.